The number of halogens is 2. The molecule has 0 amide bonds. The van der Waals surface area contributed by atoms with Crippen LogP contribution in [-0.2, 0) is 6.61 Å². The van der Waals surface area contributed by atoms with Gasteiger partial charge in [0.15, 0.2) is 0 Å². The molecule has 2 aromatic rings. The van der Waals surface area contributed by atoms with E-state index in [1.807, 2.05) is 37.3 Å². The molecule has 0 bridgehead atoms. The second-order valence-corrected chi connectivity index (χ2v) is 6.06. The first-order valence-corrected chi connectivity index (χ1v) is 7.43. The van der Waals surface area contributed by atoms with Crippen molar-refractivity contribution < 1.29 is 4.74 Å². The number of aromatic nitrogens is 1. The normalized spacial score (nSPS) is 12.2. The Labute approximate surface area is 129 Å². The largest absolute Gasteiger partial charge is 0.487 e. The summed E-state index contributed by atoms with van der Waals surface area (Å²) in [4.78, 5) is 4.27. The van der Waals surface area contributed by atoms with Gasteiger partial charge in [-0.05, 0) is 53.2 Å². The van der Waals surface area contributed by atoms with Crippen LogP contribution in [-0.4, -0.2) is 4.98 Å². The Balaban J connectivity index is 2.13. The molecule has 0 saturated heterocycles. The zero-order valence-corrected chi connectivity index (χ0v) is 13.6. The van der Waals surface area contributed by atoms with Crippen molar-refractivity contribution in [1.82, 2.24) is 4.98 Å². The van der Waals surface area contributed by atoms with Gasteiger partial charge < -0.3 is 10.5 Å². The third kappa shape index (κ3) is 4.03. The molecule has 1 heterocycles. The summed E-state index contributed by atoms with van der Waals surface area (Å²) in [6.07, 6.45) is 1.76. The van der Waals surface area contributed by atoms with Gasteiger partial charge in [-0.2, -0.15) is 0 Å². The lowest BCUT2D eigenvalue weighted by atomic mass is 10.1. The van der Waals surface area contributed by atoms with Crippen LogP contribution >= 0.6 is 31.9 Å². The first-order chi connectivity index (χ1) is 9.06. The molecule has 1 aromatic carbocycles. The third-order valence-electron chi connectivity index (χ3n) is 2.63. The van der Waals surface area contributed by atoms with Gasteiger partial charge in [-0.1, -0.05) is 15.9 Å². The van der Waals surface area contributed by atoms with Crippen LogP contribution in [0.3, 0.4) is 0 Å². The average molecular weight is 386 g/mol. The third-order valence-corrected chi connectivity index (χ3v) is 3.59. The zero-order valence-electron chi connectivity index (χ0n) is 10.4. The fourth-order valence-corrected chi connectivity index (χ4v) is 2.26. The highest BCUT2D eigenvalue weighted by atomic mass is 79.9. The summed E-state index contributed by atoms with van der Waals surface area (Å²) in [6.45, 7) is 2.36. The molecule has 1 atom stereocenters. The predicted octanol–water partition coefficient (Wildman–Crippen LogP) is 4.21. The lowest BCUT2D eigenvalue weighted by Crippen LogP contribution is -2.08. The van der Waals surface area contributed by atoms with Gasteiger partial charge in [-0.15, -0.1) is 0 Å². The van der Waals surface area contributed by atoms with Gasteiger partial charge in [0.25, 0.3) is 0 Å². The molecular formula is C14H14Br2N2O. The summed E-state index contributed by atoms with van der Waals surface area (Å²) in [5.74, 6) is 0.794. The van der Waals surface area contributed by atoms with E-state index in [9.17, 15) is 0 Å². The molecule has 5 heteroatoms. The molecule has 1 aromatic heterocycles. The lowest BCUT2D eigenvalue weighted by molar-refractivity contribution is 0.296. The molecule has 0 aliphatic heterocycles. The minimum Gasteiger partial charge on any atom is -0.487 e. The first kappa shape index (κ1) is 14.5. The fourth-order valence-electron chi connectivity index (χ4n) is 1.65. The van der Waals surface area contributed by atoms with Gasteiger partial charge in [0.2, 0.25) is 0 Å². The van der Waals surface area contributed by atoms with Crippen molar-refractivity contribution in [1.29, 1.82) is 0 Å². The average Bonchev–Trinajstić information content (AvgIpc) is 2.39. The number of rotatable bonds is 4. The molecule has 3 nitrogen and oxygen atoms in total. The van der Waals surface area contributed by atoms with E-state index in [1.54, 1.807) is 6.20 Å². The summed E-state index contributed by atoms with van der Waals surface area (Å²) in [6, 6.07) is 9.63. The minimum atomic E-state index is -0.0784. The number of pyridine rings is 1. The molecule has 0 fully saturated rings. The first-order valence-electron chi connectivity index (χ1n) is 5.84. The molecule has 0 saturated carbocycles. The van der Waals surface area contributed by atoms with E-state index in [0.717, 1.165) is 26.0 Å². The summed E-state index contributed by atoms with van der Waals surface area (Å²) in [5, 5.41) is 0. The van der Waals surface area contributed by atoms with Crippen LogP contribution in [0.5, 0.6) is 5.75 Å². The maximum atomic E-state index is 5.95. The van der Waals surface area contributed by atoms with E-state index in [1.165, 1.54) is 0 Å². The number of hydrogen-bond acceptors (Lipinski definition) is 3. The van der Waals surface area contributed by atoms with Crippen molar-refractivity contribution in [3.63, 3.8) is 0 Å². The van der Waals surface area contributed by atoms with Gasteiger partial charge in [0, 0.05) is 26.7 Å². The highest BCUT2D eigenvalue weighted by molar-refractivity contribution is 9.10. The smallest absolute Gasteiger partial charge is 0.130 e. The SMILES string of the molecule is C[C@H](N)c1cc(Br)ccc1OCc1ccc(Br)cn1. The van der Waals surface area contributed by atoms with Gasteiger partial charge in [-0.25, -0.2) is 0 Å². The molecule has 2 N–H and O–H groups in total. The minimum absolute atomic E-state index is 0.0784. The lowest BCUT2D eigenvalue weighted by Gasteiger charge is -2.14. The summed E-state index contributed by atoms with van der Waals surface area (Å²) >= 11 is 6.79. The second kappa shape index (κ2) is 6.50. The Morgan fingerprint density at radius 1 is 1.21 bits per heavy atom. The Hall–Kier alpha value is -0.910. The van der Waals surface area contributed by atoms with E-state index in [4.69, 9.17) is 10.5 Å². The molecule has 100 valence electrons. The number of benzene rings is 1. The van der Waals surface area contributed by atoms with E-state index in [0.29, 0.717) is 6.61 Å². The van der Waals surface area contributed by atoms with Crippen molar-refractivity contribution in [2.75, 3.05) is 0 Å². The van der Waals surface area contributed by atoms with Crippen LogP contribution in [0.25, 0.3) is 0 Å². The van der Waals surface area contributed by atoms with Crippen molar-refractivity contribution in [2.24, 2.45) is 5.73 Å². The second-order valence-electron chi connectivity index (χ2n) is 4.23. The Kier molecular flexibility index (Phi) is 4.96. The van der Waals surface area contributed by atoms with Crippen molar-refractivity contribution in [3.05, 3.63) is 56.7 Å². The van der Waals surface area contributed by atoms with Crippen molar-refractivity contribution in [2.45, 2.75) is 19.6 Å². The number of hydrogen-bond donors (Lipinski definition) is 1. The Morgan fingerprint density at radius 3 is 2.58 bits per heavy atom. The van der Waals surface area contributed by atoms with E-state index < -0.39 is 0 Å². The van der Waals surface area contributed by atoms with Crippen LogP contribution in [0.15, 0.2) is 45.5 Å². The van der Waals surface area contributed by atoms with Gasteiger partial charge >= 0.3 is 0 Å². The maximum absolute atomic E-state index is 5.95. The van der Waals surface area contributed by atoms with E-state index in [-0.39, 0.29) is 6.04 Å². The summed E-state index contributed by atoms with van der Waals surface area (Å²) in [7, 11) is 0. The van der Waals surface area contributed by atoms with Crippen molar-refractivity contribution in [3.8, 4) is 5.75 Å². The molecule has 19 heavy (non-hydrogen) atoms. The van der Waals surface area contributed by atoms with Crippen LogP contribution < -0.4 is 10.5 Å². The van der Waals surface area contributed by atoms with Crippen LogP contribution in [0.4, 0.5) is 0 Å². The molecule has 0 unspecified atom stereocenters. The molecule has 0 radical (unpaired) electrons. The highest BCUT2D eigenvalue weighted by Crippen LogP contribution is 2.28. The predicted molar refractivity (Wildman–Crippen MR) is 83.0 cm³/mol. The highest BCUT2D eigenvalue weighted by Gasteiger charge is 2.09. The quantitative estimate of drug-likeness (QED) is 0.857. The van der Waals surface area contributed by atoms with Crippen LogP contribution in [0.1, 0.15) is 24.2 Å². The number of nitrogens with zero attached hydrogens (tertiary/aromatic N) is 1. The molecule has 0 aliphatic rings. The molecule has 0 aliphatic carbocycles. The van der Waals surface area contributed by atoms with Crippen LogP contribution in [0.2, 0.25) is 0 Å². The molecular weight excluding hydrogens is 372 g/mol. The van der Waals surface area contributed by atoms with Crippen LogP contribution in [0, 0.1) is 0 Å². The molecule has 0 spiro atoms. The van der Waals surface area contributed by atoms with Gasteiger partial charge in [0.1, 0.15) is 12.4 Å². The molecule has 2 rings (SSSR count). The fraction of sp³-hybridized carbons (Fsp3) is 0.214. The topological polar surface area (TPSA) is 48.1 Å². The van der Waals surface area contributed by atoms with Gasteiger partial charge in [-0.3, -0.25) is 4.98 Å². The summed E-state index contributed by atoms with van der Waals surface area (Å²) in [5.41, 5.74) is 7.80. The summed E-state index contributed by atoms with van der Waals surface area (Å²) < 4.78 is 7.75. The maximum Gasteiger partial charge on any atom is 0.130 e. The standard InChI is InChI=1S/C14H14Br2N2O/c1-9(17)13-6-10(15)3-5-14(13)19-8-12-4-2-11(16)7-18-12/h2-7,9H,8,17H2,1H3/t9-/m0/s1. The number of ether oxygens (including phenoxy) is 1. The van der Waals surface area contributed by atoms with E-state index >= 15 is 0 Å². The zero-order chi connectivity index (χ0) is 13.8. The number of nitrogens with two attached hydrogens (primary N) is 1. The van der Waals surface area contributed by atoms with E-state index in [2.05, 4.69) is 36.8 Å². The van der Waals surface area contributed by atoms with Gasteiger partial charge in [0.05, 0.1) is 5.69 Å². The monoisotopic (exact) mass is 384 g/mol. The Morgan fingerprint density at radius 2 is 1.95 bits per heavy atom. The van der Waals surface area contributed by atoms with Crippen molar-refractivity contribution >= 4 is 31.9 Å². The Bertz CT molecular complexity index is 556.